The Bertz CT molecular complexity index is 758. The third-order valence-electron chi connectivity index (χ3n) is 4.70. The van der Waals surface area contributed by atoms with Crippen molar-refractivity contribution in [1.29, 1.82) is 0 Å². The zero-order valence-electron chi connectivity index (χ0n) is 14.1. The third-order valence-corrected chi connectivity index (χ3v) is 4.70. The van der Waals surface area contributed by atoms with Crippen LogP contribution in [0.4, 0.5) is 5.82 Å². The van der Waals surface area contributed by atoms with E-state index in [1.54, 1.807) is 11.7 Å². The van der Waals surface area contributed by atoms with Gasteiger partial charge in [0.15, 0.2) is 5.72 Å². The molecule has 0 radical (unpaired) electrons. The molecule has 0 N–H and O–H groups in total. The lowest BCUT2D eigenvalue weighted by molar-refractivity contribution is -0.389. The highest BCUT2D eigenvalue weighted by Crippen LogP contribution is 2.41. The first kappa shape index (κ1) is 16.3. The summed E-state index contributed by atoms with van der Waals surface area (Å²) in [7, 11) is 3.60. The molecule has 0 saturated heterocycles. The summed E-state index contributed by atoms with van der Waals surface area (Å²) in [5.41, 5.74) is 0.475. The van der Waals surface area contributed by atoms with Crippen LogP contribution in [0.1, 0.15) is 25.5 Å². The fourth-order valence-electron chi connectivity index (χ4n) is 2.89. The van der Waals surface area contributed by atoms with E-state index in [-0.39, 0.29) is 17.9 Å². The molecule has 0 saturated carbocycles. The smallest absolute Gasteiger partial charge is 0.416 e. The molecule has 1 unspecified atom stereocenters. The molecule has 24 heavy (non-hydrogen) atoms. The number of ether oxygens (including phenoxy) is 2. The maximum Gasteiger partial charge on any atom is 0.416 e. The Hall–Kier alpha value is -2.61. The largest absolute Gasteiger partial charge is 0.497 e. The molecule has 1 aliphatic rings. The van der Waals surface area contributed by atoms with Gasteiger partial charge in [0.25, 0.3) is 0 Å². The van der Waals surface area contributed by atoms with E-state index >= 15 is 0 Å². The van der Waals surface area contributed by atoms with Gasteiger partial charge < -0.3 is 19.6 Å². The van der Waals surface area contributed by atoms with Crippen LogP contribution in [-0.2, 0) is 6.54 Å². The SMILES string of the molecule is COc1ccc(CN(C)[C@@]2(C)Oc3nc([N+](=O)[O-])cn3C2C)cc1. The fourth-order valence-corrected chi connectivity index (χ4v) is 2.89. The molecular weight excluding hydrogens is 312 g/mol. The number of nitro groups is 1. The molecule has 0 amide bonds. The summed E-state index contributed by atoms with van der Waals surface area (Å²) in [5.74, 6) is 0.613. The number of hydrogen-bond donors (Lipinski definition) is 0. The molecule has 1 aromatic heterocycles. The van der Waals surface area contributed by atoms with Gasteiger partial charge in [-0.05, 0) is 43.5 Å². The van der Waals surface area contributed by atoms with Crippen molar-refractivity contribution in [2.45, 2.75) is 32.2 Å². The maximum atomic E-state index is 10.9. The van der Waals surface area contributed by atoms with Crippen LogP contribution in [0.5, 0.6) is 11.8 Å². The maximum absolute atomic E-state index is 10.9. The van der Waals surface area contributed by atoms with Crippen LogP contribution in [0.3, 0.4) is 0 Å². The fraction of sp³-hybridized carbons (Fsp3) is 0.438. The van der Waals surface area contributed by atoms with Crippen molar-refractivity contribution in [3.05, 3.63) is 46.1 Å². The van der Waals surface area contributed by atoms with Crippen molar-refractivity contribution in [3.8, 4) is 11.8 Å². The minimum atomic E-state index is -0.641. The van der Waals surface area contributed by atoms with E-state index in [0.717, 1.165) is 11.3 Å². The van der Waals surface area contributed by atoms with E-state index in [9.17, 15) is 10.1 Å². The van der Waals surface area contributed by atoms with Gasteiger partial charge in [-0.1, -0.05) is 12.1 Å². The van der Waals surface area contributed by atoms with Crippen LogP contribution in [-0.4, -0.2) is 39.3 Å². The van der Waals surface area contributed by atoms with Gasteiger partial charge in [-0.15, -0.1) is 0 Å². The second-order valence-corrected chi connectivity index (χ2v) is 6.08. The minimum absolute atomic E-state index is 0.114. The molecule has 2 heterocycles. The van der Waals surface area contributed by atoms with E-state index in [4.69, 9.17) is 9.47 Å². The second-order valence-electron chi connectivity index (χ2n) is 6.08. The number of imidazole rings is 1. The number of fused-ring (bicyclic) bond motifs is 1. The average Bonchev–Trinajstić information content (AvgIpc) is 3.07. The summed E-state index contributed by atoms with van der Waals surface area (Å²) >= 11 is 0. The molecule has 8 nitrogen and oxygen atoms in total. The second kappa shape index (κ2) is 5.79. The summed E-state index contributed by atoms with van der Waals surface area (Å²) in [6.45, 7) is 4.59. The van der Waals surface area contributed by atoms with Gasteiger partial charge in [0.2, 0.25) is 0 Å². The highest BCUT2D eigenvalue weighted by molar-refractivity contribution is 5.28. The summed E-state index contributed by atoms with van der Waals surface area (Å²) in [6.07, 6.45) is 1.42. The minimum Gasteiger partial charge on any atom is -0.497 e. The van der Waals surface area contributed by atoms with Crippen LogP contribution in [0.15, 0.2) is 30.5 Å². The molecule has 1 aliphatic heterocycles. The van der Waals surface area contributed by atoms with Gasteiger partial charge in [0.1, 0.15) is 11.9 Å². The van der Waals surface area contributed by atoms with Crippen LogP contribution in [0.25, 0.3) is 0 Å². The Labute approximate surface area is 139 Å². The predicted octanol–water partition coefficient (Wildman–Crippen LogP) is 2.60. The summed E-state index contributed by atoms with van der Waals surface area (Å²) < 4.78 is 12.8. The standard InChI is InChI=1S/C16H20N4O4/c1-11-16(2,24-15-17-14(20(21)22)10-19(11)15)18(3)9-12-5-7-13(23-4)8-6-12/h5-8,10-11H,9H2,1-4H3/t11?,16-/m0/s1. The lowest BCUT2D eigenvalue weighted by atomic mass is 10.1. The molecule has 8 heteroatoms. The predicted molar refractivity (Wildman–Crippen MR) is 87.1 cm³/mol. The molecule has 0 aliphatic carbocycles. The zero-order valence-corrected chi connectivity index (χ0v) is 14.1. The van der Waals surface area contributed by atoms with Gasteiger partial charge in [-0.25, -0.2) is 0 Å². The van der Waals surface area contributed by atoms with E-state index in [1.807, 2.05) is 45.2 Å². The topological polar surface area (TPSA) is 82.7 Å². The van der Waals surface area contributed by atoms with Crippen molar-refractivity contribution in [1.82, 2.24) is 14.5 Å². The van der Waals surface area contributed by atoms with Gasteiger partial charge in [-0.3, -0.25) is 9.47 Å². The van der Waals surface area contributed by atoms with Crippen LogP contribution in [0, 0.1) is 10.1 Å². The zero-order chi connectivity index (χ0) is 17.5. The highest BCUT2D eigenvalue weighted by Gasteiger charge is 2.49. The number of nitrogens with zero attached hydrogens (tertiary/aromatic N) is 4. The Kier molecular flexibility index (Phi) is 3.92. The molecule has 128 valence electrons. The first-order valence-corrected chi connectivity index (χ1v) is 7.61. The Morgan fingerprint density at radius 2 is 2.12 bits per heavy atom. The van der Waals surface area contributed by atoms with Crippen molar-refractivity contribution < 1.29 is 14.4 Å². The van der Waals surface area contributed by atoms with Crippen LogP contribution < -0.4 is 9.47 Å². The van der Waals surface area contributed by atoms with Crippen molar-refractivity contribution in [3.63, 3.8) is 0 Å². The van der Waals surface area contributed by atoms with Gasteiger partial charge in [0.05, 0.1) is 13.2 Å². The molecule has 2 aromatic rings. The van der Waals surface area contributed by atoms with Crippen molar-refractivity contribution in [2.24, 2.45) is 0 Å². The first-order chi connectivity index (χ1) is 11.3. The van der Waals surface area contributed by atoms with Crippen LogP contribution >= 0.6 is 0 Å². The van der Waals surface area contributed by atoms with Crippen molar-refractivity contribution in [2.75, 3.05) is 14.2 Å². The average molecular weight is 332 g/mol. The first-order valence-electron chi connectivity index (χ1n) is 7.61. The van der Waals surface area contributed by atoms with Gasteiger partial charge in [0, 0.05) is 11.5 Å². The molecule has 3 rings (SSSR count). The Balaban J connectivity index is 1.77. The van der Waals surface area contributed by atoms with E-state index in [0.29, 0.717) is 6.54 Å². The summed E-state index contributed by atoms with van der Waals surface area (Å²) in [6, 6.07) is 8.00. The number of benzene rings is 1. The summed E-state index contributed by atoms with van der Waals surface area (Å²) in [4.78, 5) is 16.4. The number of hydrogen-bond acceptors (Lipinski definition) is 6. The monoisotopic (exact) mass is 332 g/mol. The molecule has 0 bridgehead atoms. The lowest BCUT2D eigenvalue weighted by Crippen LogP contribution is -2.49. The third kappa shape index (κ3) is 2.58. The normalized spacial score (nSPS) is 22.3. The number of aromatic nitrogens is 2. The molecular formula is C16H20N4O4. The van der Waals surface area contributed by atoms with E-state index in [2.05, 4.69) is 9.88 Å². The Morgan fingerprint density at radius 3 is 2.67 bits per heavy atom. The van der Waals surface area contributed by atoms with Gasteiger partial charge >= 0.3 is 11.8 Å². The highest BCUT2D eigenvalue weighted by atomic mass is 16.6. The van der Waals surface area contributed by atoms with Crippen molar-refractivity contribution >= 4 is 5.82 Å². The Morgan fingerprint density at radius 1 is 1.46 bits per heavy atom. The van der Waals surface area contributed by atoms with Crippen LogP contribution in [0.2, 0.25) is 0 Å². The van der Waals surface area contributed by atoms with Gasteiger partial charge in [-0.2, -0.15) is 0 Å². The number of methoxy groups -OCH3 is 1. The molecule has 0 fully saturated rings. The number of likely N-dealkylation sites (N-methyl/N-ethyl adjacent to an activating group) is 1. The van der Waals surface area contributed by atoms with E-state index in [1.165, 1.54) is 6.20 Å². The van der Waals surface area contributed by atoms with E-state index < -0.39 is 10.6 Å². The number of rotatable bonds is 5. The lowest BCUT2D eigenvalue weighted by Gasteiger charge is -2.36. The molecule has 2 atom stereocenters. The molecule has 1 aromatic carbocycles. The summed E-state index contributed by atoms with van der Waals surface area (Å²) in [5, 5.41) is 10.9. The molecule has 0 spiro atoms. The quantitative estimate of drug-likeness (QED) is 0.618.